The maximum absolute atomic E-state index is 12.5. The summed E-state index contributed by atoms with van der Waals surface area (Å²) in [6, 6.07) is 14.8. The Labute approximate surface area is 148 Å². The predicted molar refractivity (Wildman–Crippen MR) is 96.1 cm³/mol. The van der Waals surface area contributed by atoms with Gasteiger partial charge in [0.15, 0.2) is 11.5 Å². The van der Waals surface area contributed by atoms with Crippen LogP contribution in [-0.2, 0) is 11.2 Å². The molecular formula is C21H23NO3. The molecule has 0 unspecified atom stereocenters. The van der Waals surface area contributed by atoms with Gasteiger partial charge in [-0.2, -0.15) is 0 Å². The Hall–Kier alpha value is -2.33. The molecular weight excluding hydrogens is 314 g/mol. The highest BCUT2D eigenvalue weighted by Gasteiger charge is 2.39. The number of carbonyl (C=O) groups is 1. The topological polar surface area (TPSA) is 38.8 Å². The molecule has 0 bridgehead atoms. The summed E-state index contributed by atoms with van der Waals surface area (Å²) >= 11 is 0. The molecule has 2 aliphatic rings. The van der Waals surface area contributed by atoms with Gasteiger partial charge in [-0.1, -0.05) is 30.3 Å². The minimum Gasteiger partial charge on any atom is -0.493 e. The van der Waals surface area contributed by atoms with Crippen LogP contribution in [0.4, 0.5) is 0 Å². The van der Waals surface area contributed by atoms with E-state index in [-0.39, 0.29) is 12.1 Å². The van der Waals surface area contributed by atoms with Crippen LogP contribution in [0.1, 0.15) is 41.6 Å². The van der Waals surface area contributed by atoms with Crippen molar-refractivity contribution in [2.45, 2.75) is 31.3 Å². The number of ether oxygens (including phenoxy) is 2. The van der Waals surface area contributed by atoms with E-state index in [2.05, 4.69) is 41.3 Å². The summed E-state index contributed by atoms with van der Waals surface area (Å²) in [6.07, 6.45) is 2.14. The third-order valence-electron chi connectivity index (χ3n) is 5.47. The molecule has 0 amide bonds. The van der Waals surface area contributed by atoms with Crippen molar-refractivity contribution in [3.63, 3.8) is 0 Å². The van der Waals surface area contributed by atoms with Crippen molar-refractivity contribution in [3.05, 3.63) is 59.2 Å². The second kappa shape index (κ2) is 6.52. The zero-order valence-electron chi connectivity index (χ0n) is 14.7. The Kier molecular flexibility index (Phi) is 4.22. The van der Waals surface area contributed by atoms with Crippen LogP contribution in [-0.4, -0.2) is 31.4 Å². The lowest BCUT2D eigenvalue weighted by Crippen LogP contribution is -2.43. The summed E-state index contributed by atoms with van der Waals surface area (Å²) in [6.45, 7) is 0.958. The van der Waals surface area contributed by atoms with Gasteiger partial charge in [-0.15, -0.1) is 0 Å². The molecule has 4 heteroatoms. The van der Waals surface area contributed by atoms with E-state index < -0.39 is 0 Å². The molecule has 0 radical (unpaired) electrons. The largest absolute Gasteiger partial charge is 0.493 e. The fourth-order valence-corrected chi connectivity index (χ4v) is 4.26. The number of nitrogens with zero attached hydrogens (tertiary/aromatic N) is 1. The van der Waals surface area contributed by atoms with E-state index in [1.807, 2.05) is 6.07 Å². The zero-order chi connectivity index (χ0) is 17.4. The fraction of sp³-hybridized carbons (Fsp3) is 0.381. The first-order chi connectivity index (χ1) is 12.2. The van der Waals surface area contributed by atoms with E-state index >= 15 is 0 Å². The molecule has 2 aromatic carbocycles. The van der Waals surface area contributed by atoms with Crippen LogP contribution in [0, 0.1) is 0 Å². The van der Waals surface area contributed by atoms with Crippen molar-refractivity contribution in [3.8, 4) is 11.5 Å². The minimum absolute atomic E-state index is 0.120. The number of fused-ring (bicyclic) bond motifs is 3. The third kappa shape index (κ3) is 2.81. The van der Waals surface area contributed by atoms with Gasteiger partial charge in [0.1, 0.15) is 5.78 Å². The third-order valence-corrected chi connectivity index (χ3v) is 5.47. The lowest BCUT2D eigenvalue weighted by atomic mass is 9.81. The number of piperidine rings is 1. The van der Waals surface area contributed by atoms with Gasteiger partial charge < -0.3 is 9.47 Å². The van der Waals surface area contributed by atoms with Gasteiger partial charge in [0.25, 0.3) is 0 Å². The fourth-order valence-electron chi connectivity index (χ4n) is 4.26. The minimum atomic E-state index is 0.120. The van der Waals surface area contributed by atoms with Crippen LogP contribution in [0.2, 0.25) is 0 Å². The summed E-state index contributed by atoms with van der Waals surface area (Å²) in [5.74, 6) is 1.83. The van der Waals surface area contributed by atoms with Crippen molar-refractivity contribution in [1.82, 2.24) is 4.90 Å². The number of methoxy groups -OCH3 is 2. The normalized spacial score (nSPS) is 22.9. The van der Waals surface area contributed by atoms with Crippen LogP contribution in [0.25, 0.3) is 0 Å². The first-order valence-electron chi connectivity index (χ1n) is 8.78. The monoisotopic (exact) mass is 337 g/mol. The average Bonchev–Trinajstić information content (AvgIpc) is 2.66. The molecule has 2 aromatic rings. The SMILES string of the molecule is COc1cc2c(cc1OC)[C@@H]1CC(=O)C[C@@H](c3ccccc3)N1CC2. The van der Waals surface area contributed by atoms with Crippen molar-refractivity contribution in [2.75, 3.05) is 20.8 Å². The zero-order valence-corrected chi connectivity index (χ0v) is 14.7. The van der Waals surface area contributed by atoms with Gasteiger partial charge in [-0.05, 0) is 35.2 Å². The van der Waals surface area contributed by atoms with E-state index in [1.165, 1.54) is 16.7 Å². The lowest BCUT2D eigenvalue weighted by Gasteiger charge is -2.45. The standard InChI is InChI=1S/C21H23NO3/c1-24-20-10-15-8-9-22-18(14-6-4-3-5-7-14)11-16(23)12-19(22)17(15)13-21(20)25-2/h3-7,10,13,18-19H,8-9,11-12H2,1-2H3/t18-,19-/m0/s1. The van der Waals surface area contributed by atoms with Gasteiger partial charge in [0.05, 0.1) is 14.2 Å². The molecule has 4 rings (SSSR count). The van der Waals surface area contributed by atoms with Crippen LogP contribution in [0.15, 0.2) is 42.5 Å². The van der Waals surface area contributed by atoms with Crippen LogP contribution >= 0.6 is 0 Å². The van der Waals surface area contributed by atoms with Crippen molar-refractivity contribution < 1.29 is 14.3 Å². The van der Waals surface area contributed by atoms with Crippen LogP contribution < -0.4 is 9.47 Å². The summed E-state index contributed by atoms with van der Waals surface area (Å²) in [5.41, 5.74) is 3.70. The molecule has 0 N–H and O–H groups in total. The summed E-state index contributed by atoms with van der Waals surface area (Å²) in [5, 5.41) is 0. The number of ketones is 1. The van der Waals surface area contributed by atoms with E-state index in [0.717, 1.165) is 24.5 Å². The number of carbonyl (C=O) groups excluding carboxylic acids is 1. The maximum Gasteiger partial charge on any atom is 0.161 e. The van der Waals surface area contributed by atoms with Crippen LogP contribution in [0.5, 0.6) is 11.5 Å². The molecule has 25 heavy (non-hydrogen) atoms. The van der Waals surface area contributed by atoms with E-state index in [4.69, 9.17) is 9.47 Å². The maximum atomic E-state index is 12.5. The second-order valence-electron chi connectivity index (χ2n) is 6.78. The predicted octanol–water partition coefficient (Wildman–Crippen LogP) is 3.71. The summed E-state index contributed by atoms with van der Waals surface area (Å²) in [7, 11) is 3.32. The molecule has 1 fully saturated rings. The Bertz CT molecular complexity index is 787. The summed E-state index contributed by atoms with van der Waals surface area (Å²) < 4.78 is 10.9. The Morgan fingerprint density at radius 1 is 0.960 bits per heavy atom. The molecule has 1 saturated heterocycles. The van der Waals surface area contributed by atoms with E-state index in [9.17, 15) is 4.79 Å². The highest BCUT2D eigenvalue weighted by molar-refractivity contribution is 5.81. The number of hydrogen-bond donors (Lipinski definition) is 0. The number of hydrogen-bond acceptors (Lipinski definition) is 4. The molecule has 2 heterocycles. The van der Waals surface area contributed by atoms with Crippen molar-refractivity contribution >= 4 is 5.78 Å². The molecule has 0 spiro atoms. The highest BCUT2D eigenvalue weighted by atomic mass is 16.5. The van der Waals surface area contributed by atoms with Gasteiger partial charge in [0.2, 0.25) is 0 Å². The molecule has 0 aliphatic carbocycles. The molecule has 2 aliphatic heterocycles. The quantitative estimate of drug-likeness (QED) is 0.856. The van der Waals surface area contributed by atoms with Crippen molar-refractivity contribution in [1.29, 1.82) is 0 Å². The van der Waals surface area contributed by atoms with Gasteiger partial charge in [-0.25, -0.2) is 0 Å². The Morgan fingerprint density at radius 2 is 1.64 bits per heavy atom. The molecule has 130 valence electrons. The average molecular weight is 337 g/mol. The van der Waals surface area contributed by atoms with Gasteiger partial charge in [-0.3, -0.25) is 9.69 Å². The Balaban J connectivity index is 1.75. The number of rotatable bonds is 3. The molecule has 0 aromatic heterocycles. The lowest BCUT2D eigenvalue weighted by molar-refractivity contribution is -0.126. The highest BCUT2D eigenvalue weighted by Crippen LogP contribution is 2.46. The first-order valence-corrected chi connectivity index (χ1v) is 8.78. The van der Waals surface area contributed by atoms with Gasteiger partial charge >= 0.3 is 0 Å². The van der Waals surface area contributed by atoms with Crippen molar-refractivity contribution in [2.24, 2.45) is 0 Å². The van der Waals surface area contributed by atoms with Gasteiger partial charge in [0, 0.05) is 31.5 Å². The number of Topliss-reactive ketones (excluding diaryl/α,β-unsaturated/α-hetero) is 1. The van der Waals surface area contributed by atoms with E-state index in [0.29, 0.717) is 18.6 Å². The smallest absolute Gasteiger partial charge is 0.161 e. The molecule has 0 saturated carbocycles. The molecule has 2 atom stereocenters. The number of benzene rings is 2. The molecule has 4 nitrogen and oxygen atoms in total. The Morgan fingerprint density at radius 3 is 2.36 bits per heavy atom. The second-order valence-corrected chi connectivity index (χ2v) is 6.78. The van der Waals surface area contributed by atoms with Crippen LogP contribution in [0.3, 0.4) is 0 Å². The van der Waals surface area contributed by atoms with E-state index in [1.54, 1.807) is 14.2 Å². The summed E-state index contributed by atoms with van der Waals surface area (Å²) in [4.78, 5) is 15.0. The first kappa shape index (κ1) is 16.2.